The van der Waals surface area contributed by atoms with Crippen LogP contribution < -0.4 is 0 Å². The van der Waals surface area contributed by atoms with Gasteiger partial charge in [0.2, 0.25) is 0 Å². The number of hydrogen-bond donors (Lipinski definition) is 0. The van der Waals surface area contributed by atoms with E-state index in [0.717, 1.165) is 13.1 Å². The third-order valence-corrected chi connectivity index (χ3v) is 3.30. The molecule has 0 aliphatic heterocycles. The monoisotopic (exact) mass is 239 g/mol. The van der Waals surface area contributed by atoms with Crippen molar-refractivity contribution in [2.24, 2.45) is 0 Å². The van der Waals surface area contributed by atoms with E-state index in [2.05, 4.69) is 50.6 Å². The van der Waals surface area contributed by atoms with E-state index >= 15 is 0 Å². The van der Waals surface area contributed by atoms with Crippen molar-refractivity contribution >= 4 is 10.9 Å². The maximum Gasteiger partial charge on any atom is 0.0945 e. The van der Waals surface area contributed by atoms with Crippen molar-refractivity contribution in [2.75, 3.05) is 0 Å². The van der Waals surface area contributed by atoms with Crippen molar-refractivity contribution in [1.82, 2.24) is 14.1 Å². The largest absolute Gasteiger partial charge is 0.347 e. The highest BCUT2D eigenvalue weighted by molar-refractivity contribution is 5.79. The van der Waals surface area contributed by atoms with Crippen LogP contribution in [0.1, 0.15) is 12.8 Å². The van der Waals surface area contributed by atoms with Crippen LogP contribution in [0.15, 0.2) is 55.2 Å². The lowest BCUT2D eigenvalue weighted by Gasteiger charge is -2.06. The first-order valence-electron chi connectivity index (χ1n) is 6.43. The van der Waals surface area contributed by atoms with Crippen LogP contribution in [0.25, 0.3) is 10.9 Å². The molecule has 3 aromatic rings. The number of nitrogens with zero attached hydrogens (tertiary/aromatic N) is 3. The van der Waals surface area contributed by atoms with Gasteiger partial charge in [-0.3, -0.25) is 0 Å². The summed E-state index contributed by atoms with van der Waals surface area (Å²) in [4.78, 5) is 4.05. The van der Waals surface area contributed by atoms with Crippen molar-refractivity contribution in [1.29, 1.82) is 0 Å². The van der Waals surface area contributed by atoms with Crippen molar-refractivity contribution in [3.8, 4) is 0 Å². The van der Waals surface area contributed by atoms with Crippen LogP contribution >= 0.6 is 0 Å². The number of benzene rings is 1. The summed E-state index contributed by atoms with van der Waals surface area (Å²) < 4.78 is 4.47. The standard InChI is InChI=1S/C15H17N3/c1-2-6-15-14(5-1)7-11-18(15)10-4-3-9-17-12-8-16-13-17/h1-2,5-8,11-13H,3-4,9-10H2. The number of aryl methyl sites for hydroxylation is 2. The molecule has 0 amide bonds. The van der Waals surface area contributed by atoms with Gasteiger partial charge in [0.15, 0.2) is 0 Å². The highest BCUT2D eigenvalue weighted by atomic mass is 15.0. The molecule has 0 fully saturated rings. The SMILES string of the molecule is c1ccc2c(c1)ccn2CCCCn1ccnc1. The number of hydrogen-bond acceptors (Lipinski definition) is 1. The van der Waals surface area contributed by atoms with Gasteiger partial charge in [-0.2, -0.15) is 0 Å². The average molecular weight is 239 g/mol. The quantitative estimate of drug-likeness (QED) is 0.626. The van der Waals surface area contributed by atoms with E-state index in [9.17, 15) is 0 Å². The van der Waals surface area contributed by atoms with Crippen LogP contribution in [0.2, 0.25) is 0 Å². The Morgan fingerprint density at radius 2 is 1.83 bits per heavy atom. The summed E-state index contributed by atoms with van der Waals surface area (Å²) in [5, 5.41) is 1.33. The number of para-hydroxylation sites is 1. The molecule has 1 aromatic carbocycles. The van der Waals surface area contributed by atoms with Crippen LogP contribution in [-0.4, -0.2) is 14.1 Å². The molecule has 0 radical (unpaired) electrons. The van der Waals surface area contributed by atoms with Gasteiger partial charge in [0.1, 0.15) is 0 Å². The minimum absolute atomic E-state index is 1.05. The lowest BCUT2D eigenvalue weighted by atomic mass is 10.2. The number of aromatic nitrogens is 3. The van der Waals surface area contributed by atoms with Gasteiger partial charge in [-0.15, -0.1) is 0 Å². The highest BCUT2D eigenvalue weighted by Crippen LogP contribution is 2.15. The van der Waals surface area contributed by atoms with Crippen molar-refractivity contribution < 1.29 is 0 Å². The Balaban J connectivity index is 1.57. The highest BCUT2D eigenvalue weighted by Gasteiger charge is 1.99. The molecule has 3 rings (SSSR count). The molecular formula is C15H17N3. The second-order valence-corrected chi connectivity index (χ2v) is 4.58. The van der Waals surface area contributed by atoms with Crippen LogP contribution in [0.3, 0.4) is 0 Å². The predicted octanol–water partition coefficient (Wildman–Crippen LogP) is 3.32. The van der Waals surface area contributed by atoms with Crippen molar-refractivity contribution in [3.05, 3.63) is 55.2 Å². The van der Waals surface area contributed by atoms with Gasteiger partial charge in [-0.25, -0.2) is 4.98 Å². The normalized spacial score (nSPS) is 11.1. The molecule has 0 aliphatic carbocycles. The summed E-state index contributed by atoms with van der Waals surface area (Å²) in [6.07, 6.45) is 10.3. The lowest BCUT2D eigenvalue weighted by Crippen LogP contribution is -1.99. The summed E-state index contributed by atoms with van der Waals surface area (Å²) in [6, 6.07) is 10.7. The molecule has 0 atom stereocenters. The van der Waals surface area contributed by atoms with Crippen LogP contribution in [0.5, 0.6) is 0 Å². The zero-order chi connectivity index (χ0) is 12.2. The second-order valence-electron chi connectivity index (χ2n) is 4.58. The number of rotatable bonds is 5. The van der Waals surface area contributed by atoms with Gasteiger partial charge in [-0.05, 0) is 30.4 Å². The van der Waals surface area contributed by atoms with E-state index in [1.807, 2.05) is 18.7 Å². The van der Waals surface area contributed by atoms with Gasteiger partial charge in [-0.1, -0.05) is 18.2 Å². The van der Waals surface area contributed by atoms with E-state index < -0.39 is 0 Å². The minimum Gasteiger partial charge on any atom is -0.347 e. The molecular weight excluding hydrogens is 222 g/mol. The molecule has 0 saturated carbocycles. The van der Waals surface area contributed by atoms with Gasteiger partial charge in [0, 0.05) is 37.2 Å². The molecule has 3 nitrogen and oxygen atoms in total. The Bertz CT molecular complexity index is 608. The van der Waals surface area contributed by atoms with E-state index in [1.54, 1.807) is 0 Å². The molecule has 0 N–H and O–H groups in total. The molecule has 0 bridgehead atoms. The minimum atomic E-state index is 1.05. The van der Waals surface area contributed by atoms with Crippen LogP contribution in [-0.2, 0) is 13.1 Å². The molecule has 2 aromatic heterocycles. The van der Waals surface area contributed by atoms with Crippen LogP contribution in [0, 0.1) is 0 Å². The third kappa shape index (κ3) is 2.30. The molecule has 3 heteroatoms. The smallest absolute Gasteiger partial charge is 0.0945 e. The van der Waals surface area contributed by atoms with E-state index in [1.165, 1.54) is 23.7 Å². The lowest BCUT2D eigenvalue weighted by molar-refractivity contribution is 0.560. The molecule has 0 saturated heterocycles. The number of fused-ring (bicyclic) bond motifs is 1. The molecule has 0 unspecified atom stereocenters. The Morgan fingerprint density at radius 1 is 0.944 bits per heavy atom. The van der Waals surface area contributed by atoms with Gasteiger partial charge < -0.3 is 9.13 Å². The molecule has 0 spiro atoms. The van der Waals surface area contributed by atoms with Gasteiger partial charge in [0.05, 0.1) is 6.33 Å². The maximum atomic E-state index is 4.05. The summed E-state index contributed by atoms with van der Waals surface area (Å²) in [7, 11) is 0. The summed E-state index contributed by atoms with van der Waals surface area (Å²) in [5.41, 5.74) is 1.33. The molecule has 0 aliphatic rings. The number of imidazole rings is 1. The van der Waals surface area contributed by atoms with Crippen molar-refractivity contribution in [3.63, 3.8) is 0 Å². The molecule has 2 heterocycles. The van der Waals surface area contributed by atoms with Gasteiger partial charge in [0.25, 0.3) is 0 Å². The first kappa shape index (κ1) is 11.1. The Kier molecular flexibility index (Phi) is 3.13. The zero-order valence-corrected chi connectivity index (χ0v) is 10.4. The van der Waals surface area contributed by atoms with E-state index in [0.29, 0.717) is 0 Å². The van der Waals surface area contributed by atoms with E-state index in [4.69, 9.17) is 0 Å². The number of unbranched alkanes of at least 4 members (excludes halogenated alkanes) is 1. The first-order valence-corrected chi connectivity index (χ1v) is 6.43. The fourth-order valence-corrected chi connectivity index (χ4v) is 2.33. The van der Waals surface area contributed by atoms with Gasteiger partial charge >= 0.3 is 0 Å². The predicted molar refractivity (Wildman–Crippen MR) is 73.4 cm³/mol. The molecule has 18 heavy (non-hydrogen) atoms. The van der Waals surface area contributed by atoms with Crippen molar-refractivity contribution in [2.45, 2.75) is 25.9 Å². The fourth-order valence-electron chi connectivity index (χ4n) is 2.33. The van der Waals surface area contributed by atoms with E-state index in [-0.39, 0.29) is 0 Å². The summed E-state index contributed by atoms with van der Waals surface area (Å²) in [5.74, 6) is 0. The average Bonchev–Trinajstić information content (AvgIpc) is 3.04. The zero-order valence-electron chi connectivity index (χ0n) is 10.4. The topological polar surface area (TPSA) is 22.8 Å². The fraction of sp³-hybridized carbons (Fsp3) is 0.267. The Hall–Kier alpha value is -2.03. The third-order valence-electron chi connectivity index (χ3n) is 3.30. The summed E-state index contributed by atoms with van der Waals surface area (Å²) >= 11 is 0. The van der Waals surface area contributed by atoms with Crippen LogP contribution in [0.4, 0.5) is 0 Å². The Morgan fingerprint density at radius 3 is 2.72 bits per heavy atom. The summed E-state index contributed by atoms with van der Waals surface area (Å²) in [6.45, 7) is 2.14. The Labute approximate surface area is 107 Å². The second kappa shape index (κ2) is 5.08. The molecule has 92 valence electrons. The first-order chi connectivity index (χ1) is 8.93. The maximum absolute atomic E-state index is 4.05.